The van der Waals surface area contributed by atoms with Gasteiger partial charge in [0.25, 0.3) is 0 Å². The van der Waals surface area contributed by atoms with E-state index < -0.39 is 0 Å². The molecule has 0 amide bonds. The van der Waals surface area contributed by atoms with Gasteiger partial charge in [0.05, 0.1) is 5.69 Å². The van der Waals surface area contributed by atoms with E-state index in [-0.39, 0.29) is 0 Å². The van der Waals surface area contributed by atoms with E-state index in [1.165, 1.54) is 0 Å². The Morgan fingerprint density at radius 3 is 2.90 bits per heavy atom. The Kier molecular flexibility index (Phi) is 4.72. The van der Waals surface area contributed by atoms with Gasteiger partial charge >= 0.3 is 0 Å². The average Bonchev–Trinajstić information content (AvgIpc) is 2.98. The lowest BCUT2D eigenvalue weighted by molar-refractivity contribution is 0.698. The highest BCUT2D eigenvalue weighted by Gasteiger charge is 2.06. The zero-order valence-electron chi connectivity index (χ0n) is 11.6. The van der Waals surface area contributed by atoms with Crippen molar-refractivity contribution in [2.75, 3.05) is 19.6 Å². The molecule has 1 aromatic heterocycles. The standard InChI is InChI=1S/C15H17ClN4S/c16-12-4-2-11(3-5-12)14-20-13(10-21-14)6-9-19-15-17-7-1-8-18-15/h2-5,10H,1,6-9H2,(H2,17,18,19). The molecular weight excluding hydrogens is 304 g/mol. The van der Waals surface area contributed by atoms with Crippen LogP contribution in [-0.4, -0.2) is 30.6 Å². The molecule has 2 N–H and O–H groups in total. The Morgan fingerprint density at radius 2 is 2.14 bits per heavy atom. The summed E-state index contributed by atoms with van der Waals surface area (Å²) in [6.07, 6.45) is 2.01. The third-order valence-electron chi connectivity index (χ3n) is 3.21. The summed E-state index contributed by atoms with van der Waals surface area (Å²) in [5.74, 6) is 0.911. The van der Waals surface area contributed by atoms with Crippen molar-refractivity contribution >= 4 is 28.9 Å². The summed E-state index contributed by atoms with van der Waals surface area (Å²) in [6, 6.07) is 7.80. The van der Waals surface area contributed by atoms with Gasteiger partial charge in [0.2, 0.25) is 0 Å². The molecule has 0 saturated heterocycles. The molecule has 0 bridgehead atoms. The highest BCUT2D eigenvalue weighted by molar-refractivity contribution is 7.13. The number of halogens is 1. The van der Waals surface area contributed by atoms with Crippen LogP contribution >= 0.6 is 22.9 Å². The minimum Gasteiger partial charge on any atom is -0.356 e. The second-order valence-electron chi connectivity index (χ2n) is 4.84. The van der Waals surface area contributed by atoms with E-state index in [0.717, 1.165) is 59.7 Å². The van der Waals surface area contributed by atoms with E-state index in [1.54, 1.807) is 11.3 Å². The predicted molar refractivity (Wildman–Crippen MR) is 89.2 cm³/mol. The van der Waals surface area contributed by atoms with Crippen molar-refractivity contribution in [3.8, 4) is 10.6 Å². The van der Waals surface area contributed by atoms with Crippen molar-refractivity contribution in [3.05, 3.63) is 40.4 Å². The van der Waals surface area contributed by atoms with Gasteiger partial charge in [0, 0.05) is 42.0 Å². The molecule has 110 valence electrons. The molecule has 0 aliphatic carbocycles. The molecule has 4 nitrogen and oxygen atoms in total. The third-order valence-corrected chi connectivity index (χ3v) is 4.41. The van der Waals surface area contributed by atoms with Crippen LogP contribution in [0, 0.1) is 0 Å². The normalized spacial score (nSPS) is 14.4. The Hall–Kier alpha value is -1.59. The summed E-state index contributed by atoms with van der Waals surface area (Å²) in [4.78, 5) is 9.05. The Bertz CT molecular complexity index is 621. The highest BCUT2D eigenvalue weighted by Crippen LogP contribution is 2.25. The van der Waals surface area contributed by atoms with Gasteiger partial charge in [-0.05, 0) is 18.6 Å². The summed E-state index contributed by atoms with van der Waals surface area (Å²) in [7, 11) is 0. The number of nitrogens with one attached hydrogen (secondary N) is 2. The lowest BCUT2D eigenvalue weighted by Gasteiger charge is -2.15. The number of thiazole rings is 1. The molecule has 0 fully saturated rings. The molecule has 1 aromatic carbocycles. The molecule has 1 aliphatic heterocycles. The lowest BCUT2D eigenvalue weighted by atomic mass is 10.2. The van der Waals surface area contributed by atoms with Crippen molar-refractivity contribution in [3.63, 3.8) is 0 Å². The van der Waals surface area contributed by atoms with Crippen LogP contribution in [0.25, 0.3) is 10.6 Å². The van der Waals surface area contributed by atoms with Gasteiger partial charge in [-0.3, -0.25) is 4.99 Å². The summed E-state index contributed by atoms with van der Waals surface area (Å²) in [5, 5.41) is 10.5. The van der Waals surface area contributed by atoms with Gasteiger partial charge in [-0.1, -0.05) is 23.7 Å². The fourth-order valence-corrected chi connectivity index (χ4v) is 3.09. The van der Waals surface area contributed by atoms with E-state index in [1.807, 2.05) is 24.3 Å². The molecule has 6 heteroatoms. The first-order valence-electron chi connectivity index (χ1n) is 7.04. The summed E-state index contributed by atoms with van der Waals surface area (Å²) in [5.41, 5.74) is 2.22. The first kappa shape index (κ1) is 14.4. The number of hydrogen-bond acceptors (Lipinski definition) is 5. The van der Waals surface area contributed by atoms with Crippen LogP contribution in [0.1, 0.15) is 12.1 Å². The van der Waals surface area contributed by atoms with Crippen molar-refractivity contribution in [2.24, 2.45) is 4.99 Å². The number of benzene rings is 1. The summed E-state index contributed by atoms with van der Waals surface area (Å²) in [6.45, 7) is 2.76. The first-order valence-corrected chi connectivity index (χ1v) is 8.29. The monoisotopic (exact) mass is 320 g/mol. The molecule has 1 aliphatic rings. The third kappa shape index (κ3) is 3.95. The predicted octanol–water partition coefficient (Wildman–Crippen LogP) is 2.94. The largest absolute Gasteiger partial charge is 0.356 e. The quantitative estimate of drug-likeness (QED) is 0.910. The van der Waals surface area contributed by atoms with Gasteiger partial charge in [-0.15, -0.1) is 11.3 Å². The van der Waals surface area contributed by atoms with E-state index in [2.05, 4.69) is 26.0 Å². The molecule has 0 radical (unpaired) electrons. The number of aliphatic imine (C=N–C) groups is 1. The molecule has 0 spiro atoms. The van der Waals surface area contributed by atoms with Crippen LogP contribution in [0.4, 0.5) is 0 Å². The first-order chi connectivity index (χ1) is 10.3. The number of guanidine groups is 1. The van der Waals surface area contributed by atoms with Gasteiger partial charge in [0.15, 0.2) is 5.96 Å². The van der Waals surface area contributed by atoms with E-state index >= 15 is 0 Å². The molecule has 0 unspecified atom stereocenters. The molecule has 2 heterocycles. The smallest absolute Gasteiger partial charge is 0.191 e. The van der Waals surface area contributed by atoms with Gasteiger partial charge in [0.1, 0.15) is 5.01 Å². The second kappa shape index (κ2) is 6.91. The molecule has 21 heavy (non-hydrogen) atoms. The molecule has 2 aromatic rings. The highest BCUT2D eigenvalue weighted by atomic mass is 35.5. The minimum atomic E-state index is 0.750. The molecule has 0 atom stereocenters. The Balaban J connectivity index is 1.55. The maximum absolute atomic E-state index is 5.90. The van der Waals surface area contributed by atoms with Crippen molar-refractivity contribution < 1.29 is 0 Å². The second-order valence-corrected chi connectivity index (χ2v) is 6.13. The summed E-state index contributed by atoms with van der Waals surface area (Å²) >= 11 is 7.57. The van der Waals surface area contributed by atoms with Crippen LogP contribution in [0.5, 0.6) is 0 Å². The van der Waals surface area contributed by atoms with Crippen LogP contribution in [0.3, 0.4) is 0 Å². The number of hydrogen-bond donors (Lipinski definition) is 2. The average molecular weight is 321 g/mol. The maximum atomic E-state index is 5.90. The van der Waals surface area contributed by atoms with Crippen molar-refractivity contribution in [1.29, 1.82) is 0 Å². The number of nitrogens with zero attached hydrogens (tertiary/aromatic N) is 2. The molecule has 0 saturated carbocycles. The van der Waals surface area contributed by atoms with E-state index in [0.29, 0.717) is 0 Å². The number of rotatable bonds is 4. The van der Waals surface area contributed by atoms with Crippen LogP contribution in [-0.2, 0) is 6.42 Å². The minimum absolute atomic E-state index is 0.750. The SMILES string of the molecule is Clc1ccc(-c2nc(CCNC3=NCCCN3)cs2)cc1. The van der Waals surface area contributed by atoms with Crippen LogP contribution in [0.2, 0.25) is 5.02 Å². The fourth-order valence-electron chi connectivity index (χ4n) is 2.11. The zero-order valence-corrected chi connectivity index (χ0v) is 13.2. The zero-order chi connectivity index (χ0) is 14.5. The van der Waals surface area contributed by atoms with Crippen molar-refractivity contribution in [2.45, 2.75) is 12.8 Å². The van der Waals surface area contributed by atoms with Gasteiger partial charge in [-0.2, -0.15) is 0 Å². The fraction of sp³-hybridized carbons (Fsp3) is 0.333. The van der Waals surface area contributed by atoms with Gasteiger partial charge < -0.3 is 10.6 Å². The Labute approximate surface area is 133 Å². The van der Waals surface area contributed by atoms with E-state index in [4.69, 9.17) is 11.6 Å². The maximum Gasteiger partial charge on any atom is 0.191 e. The molecular formula is C15H17ClN4S. The topological polar surface area (TPSA) is 49.3 Å². The summed E-state index contributed by atoms with van der Waals surface area (Å²) < 4.78 is 0. The molecule has 3 rings (SSSR count). The van der Waals surface area contributed by atoms with E-state index in [9.17, 15) is 0 Å². The number of aromatic nitrogens is 1. The van der Waals surface area contributed by atoms with Crippen LogP contribution in [0.15, 0.2) is 34.6 Å². The Morgan fingerprint density at radius 1 is 1.29 bits per heavy atom. The lowest BCUT2D eigenvalue weighted by Crippen LogP contribution is -2.41. The van der Waals surface area contributed by atoms with Gasteiger partial charge in [-0.25, -0.2) is 4.98 Å². The van der Waals surface area contributed by atoms with Crippen LogP contribution < -0.4 is 10.6 Å². The van der Waals surface area contributed by atoms with Crippen molar-refractivity contribution in [1.82, 2.24) is 15.6 Å².